The summed E-state index contributed by atoms with van der Waals surface area (Å²) in [5.41, 5.74) is 0.659. The van der Waals surface area contributed by atoms with Gasteiger partial charge in [-0.3, -0.25) is 4.79 Å². The van der Waals surface area contributed by atoms with Crippen molar-refractivity contribution in [3.05, 3.63) is 59.1 Å². The van der Waals surface area contributed by atoms with Crippen LogP contribution in [-0.4, -0.2) is 17.6 Å². The zero-order valence-electron chi connectivity index (χ0n) is 15.3. The normalized spacial score (nSPS) is 19.0. The molecule has 0 aliphatic carbocycles. The maximum atomic E-state index is 12.8. The Morgan fingerprint density at radius 3 is 2.65 bits per heavy atom. The molecule has 3 rings (SSSR count). The molecule has 4 nitrogen and oxygen atoms in total. The van der Waals surface area contributed by atoms with Crippen LogP contribution in [0.3, 0.4) is 0 Å². The van der Waals surface area contributed by atoms with Gasteiger partial charge in [0, 0.05) is 17.0 Å². The second-order valence-corrected chi connectivity index (χ2v) is 7.57. The van der Waals surface area contributed by atoms with Gasteiger partial charge in [0.1, 0.15) is 17.1 Å². The first-order chi connectivity index (χ1) is 12.4. The highest BCUT2D eigenvalue weighted by Crippen LogP contribution is 2.39. The highest BCUT2D eigenvalue weighted by molar-refractivity contribution is 6.30. The van der Waals surface area contributed by atoms with Gasteiger partial charge in [-0.15, -0.1) is 0 Å². The van der Waals surface area contributed by atoms with E-state index in [1.54, 1.807) is 24.3 Å². The Kier molecular flexibility index (Phi) is 5.42. The molecule has 2 aromatic rings. The lowest BCUT2D eigenvalue weighted by Gasteiger charge is -2.38. The molecule has 0 fully saturated rings. The van der Waals surface area contributed by atoms with Crippen LogP contribution in [0.1, 0.15) is 45.2 Å². The van der Waals surface area contributed by atoms with Crippen molar-refractivity contribution in [2.24, 2.45) is 0 Å². The van der Waals surface area contributed by atoms with Crippen molar-refractivity contribution < 1.29 is 14.3 Å². The molecule has 0 aromatic heterocycles. The van der Waals surface area contributed by atoms with Crippen molar-refractivity contribution in [2.45, 2.75) is 51.4 Å². The van der Waals surface area contributed by atoms with Gasteiger partial charge in [0.15, 0.2) is 6.10 Å². The average molecular weight is 374 g/mol. The Hall–Kier alpha value is -2.20. The first-order valence-electron chi connectivity index (χ1n) is 8.88. The third kappa shape index (κ3) is 4.31. The number of nitrogens with one attached hydrogen (secondary N) is 1. The van der Waals surface area contributed by atoms with E-state index in [9.17, 15) is 4.79 Å². The summed E-state index contributed by atoms with van der Waals surface area (Å²) in [5, 5.41) is 3.78. The Morgan fingerprint density at radius 2 is 1.96 bits per heavy atom. The summed E-state index contributed by atoms with van der Waals surface area (Å²) < 4.78 is 11.9. The molecule has 138 valence electrons. The summed E-state index contributed by atoms with van der Waals surface area (Å²) in [6, 6.07) is 14.8. The molecule has 2 atom stereocenters. The van der Waals surface area contributed by atoms with E-state index in [2.05, 4.69) is 5.32 Å². The maximum Gasteiger partial charge on any atom is 0.261 e. The summed E-state index contributed by atoms with van der Waals surface area (Å²) in [6.45, 7) is 6.00. The fourth-order valence-corrected chi connectivity index (χ4v) is 3.32. The third-order valence-corrected chi connectivity index (χ3v) is 4.70. The molecule has 2 aromatic carbocycles. The number of halogens is 1. The molecule has 0 saturated carbocycles. The van der Waals surface area contributed by atoms with Crippen LogP contribution in [0, 0.1) is 0 Å². The number of hydrogen-bond acceptors (Lipinski definition) is 3. The molecule has 0 unspecified atom stereocenters. The van der Waals surface area contributed by atoms with E-state index in [-0.39, 0.29) is 17.6 Å². The Bertz CT molecular complexity index is 773. The second kappa shape index (κ2) is 7.58. The summed E-state index contributed by atoms with van der Waals surface area (Å²) >= 11 is 5.90. The van der Waals surface area contributed by atoms with Crippen LogP contribution in [0.15, 0.2) is 48.5 Å². The smallest absolute Gasteiger partial charge is 0.261 e. The summed E-state index contributed by atoms with van der Waals surface area (Å²) in [4.78, 5) is 12.8. The summed E-state index contributed by atoms with van der Waals surface area (Å²) in [7, 11) is 0. The van der Waals surface area contributed by atoms with Crippen molar-refractivity contribution in [1.82, 2.24) is 5.32 Å². The van der Waals surface area contributed by atoms with E-state index in [1.165, 1.54) is 0 Å². The number of amides is 1. The van der Waals surface area contributed by atoms with Gasteiger partial charge in [0.25, 0.3) is 5.91 Å². The van der Waals surface area contributed by atoms with Crippen LogP contribution in [0.4, 0.5) is 0 Å². The van der Waals surface area contributed by atoms with Crippen molar-refractivity contribution >= 4 is 17.5 Å². The molecule has 1 N–H and O–H groups in total. The van der Waals surface area contributed by atoms with Crippen molar-refractivity contribution in [1.29, 1.82) is 0 Å². The number of benzene rings is 2. The number of hydrogen-bond donors (Lipinski definition) is 1. The minimum atomic E-state index is -0.561. The van der Waals surface area contributed by atoms with Crippen LogP contribution in [0.2, 0.25) is 5.02 Å². The highest BCUT2D eigenvalue weighted by atomic mass is 35.5. The predicted molar refractivity (Wildman–Crippen MR) is 103 cm³/mol. The molecule has 1 amide bonds. The lowest BCUT2D eigenvalue weighted by Crippen LogP contribution is -2.45. The first-order valence-corrected chi connectivity index (χ1v) is 9.26. The Morgan fingerprint density at radius 1 is 1.27 bits per heavy atom. The maximum absolute atomic E-state index is 12.8. The average Bonchev–Trinajstić information content (AvgIpc) is 2.60. The molecule has 0 spiro atoms. The molecule has 1 heterocycles. The van der Waals surface area contributed by atoms with Crippen LogP contribution in [0.5, 0.6) is 11.5 Å². The standard InChI is InChI=1S/C21H24ClNO3/c1-4-18(25-15-11-9-14(22)10-12-15)20(24)23-17-13-21(2,3)26-19-8-6-5-7-16(17)19/h5-12,17-18H,4,13H2,1-3H3,(H,23,24)/t17-,18-/m1/s1. The van der Waals surface area contributed by atoms with Gasteiger partial charge in [-0.25, -0.2) is 0 Å². The van der Waals surface area contributed by atoms with Crippen LogP contribution < -0.4 is 14.8 Å². The van der Waals surface area contributed by atoms with Crippen molar-refractivity contribution in [2.75, 3.05) is 0 Å². The molecule has 0 bridgehead atoms. The number of carbonyl (C=O) groups is 1. The van der Waals surface area contributed by atoms with E-state index in [1.807, 2.05) is 45.0 Å². The van der Waals surface area contributed by atoms with Gasteiger partial charge >= 0.3 is 0 Å². The molecule has 1 aliphatic heterocycles. The lowest BCUT2D eigenvalue weighted by atomic mass is 9.89. The zero-order chi connectivity index (χ0) is 18.7. The minimum Gasteiger partial charge on any atom is -0.487 e. The molecule has 0 saturated heterocycles. The molecular formula is C21H24ClNO3. The van der Waals surface area contributed by atoms with Crippen LogP contribution >= 0.6 is 11.6 Å². The summed E-state index contributed by atoms with van der Waals surface area (Å²) in [6.07, 6.45) is 0.713. The zero-order valence-corrected chi connectivity index (χ0v) is 16.0. The molecular weight excluding hydrogens is 350 g/mol. The molecule has 26 heavy (non-hydrogen) atoms. The van der Waals surface area contributed by atoms with Crippen molar-refractivity contribution in [3.8, 4) is 11.5 Å². The van der Waals surface area contributed by atoms with E-state index < -0.39 is 6.10 Å². The second-order valence-electron chi connectivity index (χ2n) is 7.13. The van der Waals surface area contributed by atoms with Gasteiger partial charge in [-0.1, -0.05) is 36.7 Å². The largest absolute Gasteiger partial charge is 0.487 e. The van der Waals surface area contributed by atoms with E-state index in [0.29, 0.717) is 23.6 Å². The summed E-state index contributed by atoms with van der Waals surface area (Å²) in [5.74, 6) is 1.32. The van der Waals surface area contributed by atoms with Crippen LogP contribution in [0.25, 0.3) is 0 Å². The molecule has 0 radical (unpaired) electrons. The third-order valence-electron chi connectivity index (χ3n) is 4.45. The van der Waals surface area contributed by atoms with Gasteiger partial charge in [0.2, 0.25) is 0 Å². The fraction of sp³-hybridized carbons (Fsp3) is 0.381. The number of carbonyl (C=O) groups excluding carboxylic acids is 1. The SMILES string of the molecule is CC[C@@H](Oc1ccc(Cl)cc1)C(=O)N[C@@H]1CC(C)(C)Oc2ccccc21. The highest BCUT2D eigenvalue weighted by Gasteiger charge is 2.35. The number of para-hydroxylation sites is 1. The quantitative estimate of drug-likeness (QED) is 0.809. The number of ether oxygens (including phenoxy) is 2. The molecule has 1 aliphatic rings. The fourth-order valence-electron chi connectivity index (χ4n) is 3.20. The van der Waals surface area contributed by atoms with Gasteiger partial charge in [-0.05, 0) is 50.6 Å². The number of rotatable bonds is 5. The van der Waals surface area contributed by atoms with Gasteiger partial charge in [-0.2, -0.15) is 0 Å². The monoisotopic (exact) mass is 373 g/mol. The Labute approximate surface area is 159 Å². The predicted octanol–water partition coefficient (Wildman–Crippen LogP) is 4.92. The van der Waals surface area contributed by atoms with Gasteiger partial charge in [0.05, 0.1) is 6.04 Å². The Balaban J connectivity index is 1.74. The topological polar surface area (TPSA) is 47.6 Å². The molecule has 5 heteroatoms. The van der Waals surface area contributed by atoms with Crippen molar-refractivity contribution in [3.63, 3.8) is 0 Å². The van der Waals surface area contributed by atoms with Gasteiger partial charge < -0.3 is 14.8 Å². The lowest BCUT2D eigenvalue weighted by molar-refractivity contribution is -0.129. The van der Waals surface area contributed by atoms with Crippen LogP contribution in [-0.2, 0) is 4.79 Å². The van der Waals surface area contributed by atoms with E-state index in [0.717, 1.165) is 11.3 Å². The first kappa shape index (κ1) is 18.6. The van der Waals surface area contributed by atoms with E-state index >= 15 is 0 Å². The minimum absolute atomic E-state index is 0.106. The van der Waals surface area contributed by atoms with E-state index in [4.69, 9.17) is 21.1 Å². The number of fused-ring (bicyclic) bond motifs is 1.